The molecule has 0 aliphatic carbocycles. The lowest BCUT2D eigenvalue weighted by Crippen LogP contribution is -2.09. The maximum atomic E-state index is 12.7. The van der Waals surface area contributed by atoms with Crippen molar-refractivity contribution < 1.29 is 28.0 Å². The minimum absolute atomic E-state index is 0.192. The molecule has 0 unspecified atom stereocenters. The van der Waals surface area contributed by atoms with Gasteiger partial charge in [0.15, 0.2) is 0 Å². The Bertz CT molecular complexity index is 724. The minimum Gasteiger partial charge on any atom is -0.478 e. The summed E-state index contributed by atoms with van der Waals surface area (Å²) in [5, 5.41) is 19.4. The molecular weight excluding hydrogens is 295 g/mol. The van der Waals surface area contributed by atoms with Gasteiger partial charge in [0, 0.05) is 24.7 Å². The van der Waals surface area contributed by atoms with E-state index in [-0.39, 0.29) is 11.5 Å². The molecule has 0 saturated carbocycles. The molecule has 0 fully saturated rings. The third kappa shape index (κ3) is 2.83. The van der Waals surface area contributed by atoms with E-state index < -0.39 is 28.2 Å². The van der Waals surface area contributed by atoms with Crippen molar-refractivity contribution in [2.75, 3.05) is 0 Å². The van der Waals surface area contributed by atoms with Gasteiger partial charge in [-0.1, -0.05) is 0 Å². The number of rotatable bonds is 3. The fourth-order valence-electron chi connectivity index (χ4n) is 1.65. The van der Waals surface area contributed by atoms with E-state index >= 15 is 0 Å². The summed E-state index contributed by atoms with van der Waals surface area (Å²) >= 11 is 0. The highest BCUT2D eigenvalue weighted by Crippen LogP contribution is 2.33. The number of carbonyl (C=O) groups is 1. The average Bonchev–Trinajstić information content (AvgIpc) is 2.84. The Morgan fingerprint density at radius 2 is 2.05 bits per heavy atom. The molecule has 0 aliphatic rings. The number of nitro groups is 1. The highest BCUT2D eigenvalue weighted by Gasteiger charge is 2.37. The summed E-state index contributed by atoms with van der Waals surface area (Å²) < 4.78 is 39.0. The number of hydrogen-bond donors (Lipinski definition) is 1. The normalized spacial score (nSPS) is 11.4. The van der Waals surface area contributed by atoms with Crippen LogP contribution >= 0.6 is 0 Å². The van der Waals surface area contributed by atoms with E-state index in [2.05, 4.69) is 4.98 Å². The van der Waals surface area contributed by atoms with Crippen LogP contribution in [0.2, 0.25) is 0 Å². The fourth-order valence-corrected chi connectivity index (χ4v) is 1.65. The van der Waals surface area contributed by atoms with Crippen molar-refractivity contribution in [1.82, 2.24) is 9.55 Å². The molecule has 0 aliphatic heterocycles. The van der Waals surface area contributed by atoms with Gasteiger partial charge in [0.2, 0.25) is 0 Å². The van der Waals surface area contributed by atoms with E-state index in [1.165, 1.54) is 0 Å². The number of alkyl halides is 3. The number of aromatic carboxylic acids is 1. The van der Waals surface area contributed by atoms with Crippen LogP contribution in [0.3, 0.4) is 0 Å². The van der Waals surface area contributed by atoms with Gasteiger partial charge in [-0.2, -0.15) is 13.2 Å². The Kier molecular flexibility index (Phi) is 3.37. The van der Waals surface area contributed by atoms with Crippen LogP contribution in [0.15, 0.2) is 30.7 Å². The van der Waals surface area contributed by atoms with Gasteiger partial charge in [0.1, 0.15) is 5.82 Å². The zero-order valence-electron chi connectivity index (χ0n) is 10.0. The smallest absolute Gasteiger partial charge is 0.418 e. The fraction of sp³-hybridized carbons (Fsp3) is 0.0909. The monoisotopic (exact) mass is 301 g/mol. The highest BCUT2D eigenvalue weighted by atomic mass is 19.4. The number of hydrogen-bond acceptors (Lipinski definition) is 4. The van der Waals surface area contributed by atoms with Crippen LogP contribution in [0.25, 0.3) is 5.82 Å². The maximum absolute atomic E-state index is 12.7. The van der Waals surface area contributed by atoms with Crippen molar-refractivity contribution in [1.29, 1.82) is 0 Å². The van der Waals surface area contributed by atoms with Gasteiger partial charge >= 0.3 is 12.1 Å². The van der Waals surface area contributed by atoms with E-state index in [1.54, 1.807) is 0 Å². The van der Waals surface area contributed by atoms with Crippen LogP contribution in [0.1, 0.15) is 15.9 Å². The van der Waals surface area contributed by atoms with Crippen molar-refractivity contribution in [3.8, 4) is 5.82 Å². The molecule has 110 valence electrons. The average molecular weight is 301 g/mol. The van der Waals surface area contributed by atoms with Crippen molar-refractivity contribution in [2.24, 2.45) is 0 Å². The van der Waals surface area contributed by atoms with Crippen LogP contribution in [0, 0.1) is 10.1 Å². The van der Waals surface area contributed by atoms with Gasteiger partial charge in [0.25, 0.3) is 5.69 Å². The molecule has 2 aromatic heterocycles. The molecule has 0 radical (unpaired) electrons. The standard InChI is InChI=1S/C11H6F3N3O4/c12-11(13,14)8-5-16(4-7(8)10(18)19)9-3-6(17(20)21)1-2-15-9/h1-5H,(H,18,19). The predicted octanol–water partition coefficient (Wildman–Crippen LogP) is 2.50. The summed E-state index contributed by atoms with van der Waals surface area (Å²) in [6.07, 6.45) is -2.59. The molecule has 2 rings (SSSR count). The summed E-state index contributed by atoms with van der Waals surface area (Å²) in [6, 6.07) is 2.00. The summed E-state index contributed by atoms with van der Waals surface area (Å²) in [6.45, 7) is 0. The Morgan fingerprint density at radius 3 is 2.52 bits per heavy atom. The molecular formula is C11H6F3N3O4. The zero-order chi connectivity index (χ0) is 15.8. The lowest BCUT2D eigenvalue weighted by atomic mass is 10.2. The first-order chi connectivity index (χ1) is 9.70. The zero-order valence-corrected chi connectivity index (χ0v) is 10.0. The second kappa shape index (κ2) is 4.89. The van der Waals surface area contributed by atoms with Crippen LogP contribution in [0.4, 0.5) is 18.9 Å². The van der Waals surface area contributed by atoms with E-state index in [0.29, 0.717) is 12.4 Å². The number of aromatic nitrogens is 2. The summed E-state index contributed by atoms with van der Waals surface area (Å²) in [5.41, 5.74) is -2.70. The first-order valence-corrected chi connectivity index (χ1v) is 5.33. The maximum Gasteiger partial charge on any atom is 0.418 e. The Labute approximate surface area is 114 Å². The topological polar surface area (TPSA) is 98.3 Å². The Hall–Kier alpha value is -2.91. The van der Waals surface area contributed by atoms with Gasteiger partial charge in [-0.15, -0.1) is 0 Å². The Balaban J connectivity index is 2.58. The van der Waals surface area contributed by atoms with E-state index in [4.69, 9.17) is 5.11 Å². The van der Waals surface area contributed by atoms with Crippen molar-refractivity contribution in [2.45, 2.75) is 6.18 Å². The SMILES string of the molecule is O=C(O)c1cn(-c2cc([N+](=O)[O-])ccn2)cc1C(F)(F)F. The minimum atomic E-state index is -4.86. The molecule has 7 nitrogen and oxygen atoms in total. The highest BCUT2D eigenvalue weighted by molar-refractivity contribution is 5.89. The first kappa shape index (κ1) is 14.5. The van der Waals surface area contributed by atoms with E-state index in [0.717, 1.165) is 22.9 Å². The van der Waals surface area contributed by atoms with Crippen molar-refractivity contribution in [3.05, 3.63) is 52.0 Å². The third-order valence-corrected chi connectivity index (χ3v) is 2.57. The number of nitrogens with zero attached hydrogens (tertiary/aromatic N) is 3. The molecule has 2 aromatic rings. The summed E-state index contributed by atoms with van der Waals surface area (Å²) in [5.74, 6) is -1.95. The van der Waals surface area contributed by atoms with Gasteiger partial charge < -0.3 is 9.67 Å². The van der Waals surface area contributed by atoms with E-state index in [1.807, 2.05) is 0 Å². The first-order valence-electron chi connectivity index (χ1n) is 5.33. The number of carboxylic acid groups (broad SMARTS) is 1. The van der Waals surface area contributed by atoms with Crippen molar-refractivity contribution in [3.63, 3.8) is 0 Å². The molecule has 0 aromatic carbocycles. The lowest BCUT2D eigenvalue weighted by Gasteiger charge is -2.04. The van der Waals surface area contributed by atoms with Crippen LogP contribution in [-0.2, 0) is 6.18 Å². The number of carboxylic acids is 1. The molecule has 2 heterocycles. The molecule has 0 amide bonds. The molecule has 0 atom stereocenters. The largest absolute Gasteiger partial charge is 0.478 e. The molecule has 0 spiro atoms. The van der Waals surface area contributed by atoms with Crippen molar-refractivity contribution >= 4 is 11.7 Å². The van der Waals surface area contributed by atoms with Gasteiger partial charge in [-0.05, 0) is 0 Å². The second-order valence-electron chi connectivity index (χ2n) is 3.93. The molecule has 10 heteroatoms. The number of pyridine rings is 1. The molecule has 1 N–H and O–H groups in total. The van der Waals surface area contributed by atoms with Gasteiger partial charge in [-0.25, -0.2) is 9.78 Å². The number of halogens is 3. The van der Waals surface area contributed by atoms with Crippen LogP contribution in [-0.4, -0.2) is 25.6 Å². The summed E-state index contributed by atoms with van der Waals surface area (Å²) in [4.78, 5) is 24.4. The molecule has 0 saturated heterocycles. The van der Waals surface area contributed by atoms with Gasteiger partial charge in [0.05, 0.1) is 22.1 Å². The van der Waals surface area contributed by atoms with Crippen LogP contribution < -0.4 is 0 Å². The predicted molar refractivity (Wildman–Crippen MR) is 62.2 cm³/mol. The van der Waals surface area contributed by atoms with Gasteiger partial charge in [-0.3, -0.25) is 10.1 Å². The lowest BCUT2D eigenvalue weighted by molar-refractivity contribution is -0.384. The molecule has 21 heavy (non-hydrogen) atoms. The third-order valence-electron chi connectivity index (χ3n) is 2.57. The quantitative estimate of drug-likeness (QED) is 0.693. The van der Waals surface area contributed by atoms with Crippen LogP contribution in [0.5, 0.6) is 0 Å². The Morgan fingerprint density at radius 1 is 1.38 bits per heavy atom. The molecule has 0 bridgehead atoms. The second-order valence-corrected chi connectivity index (χ2v) is 3.93. The summed E-state index contributed by atoms with van der Waals surface area (Å²) in [7, 11) is 0. The van der Waals surface area contributed by atoms with E-state index in [9.17, 15) is 28.1 Å².